The van der Waals surface area contributed by atoms with E-state index in [0.717, 1.165) is 11.3 Å². The maximum Gasteiger partial charge on any atom is 0.240 e. The highest BCUT2D eigenvalue weighted by atomic mass is 32.2. The summed E-state index contributed by atoms with van der Waals surface area (Å²) in [5.74, 6) is 1.22. The van der Waals surface area contributed by atoms with E-state index in [-0.39, 0.29) is 11.4 Å². The molecule has 4 aromatic rings. The second kappa shape index (κ2) is 8.56. The summed E-state index contributed by atoms with van der Waals surface area (Å²) in [6, 6.07) is 16.1. The van der Waals surface area contributed by atoms with Gasteiger partial charge in [-0.15, -0.1) is 15.3 Å². The van der Waals surface area contributed by atoms with Gasteiger partial charge in [0.2, 0.25) is 10.0 Å². The predicted octanol–water partition coefficient (Wildman–Crippen LogP) is 1.96. The quantitative estimate of drug-likeness (QED) is 0.445. The molecule has 3 aromatic heterocycles. The van der Waals surface area contributed by atoms with E-state index in [2.05, 4.69) is 30.3 Å². The van der Waals surface area contributed by atoms with Crippen LogP contribution in [0.1, 0.15) is 17.1 Å². The molecule has 0 amide bonds. The third kappa shape index (κ3) is 4.61. The highest BCUT2D eigenvalue weighted by Gasteiger charge is 2.14. The first-order chi connectivity index (χ1) is 14.5. The minimum absolute atomic E-state index is 0.185. The number of sulfonamides is 1. The van der Waals surface area contributed by atoms with Crippen LogP contribution in [0.2, 0.25) is 0 Å². The zero-order valence-corrected chi connectivity index (χ0v) is 17.2. The lowest BCUT2D eigenvalue weighted by Gasteiger charge is -2.07. The Morgan fingerprint density at radius 3 is 2.60 bits per heavy atom. The van der Waals surface area contributed by atoms with Crippen molar-refractivity contribution in [1.82, 2.24) is 29.5 Å². The van der Waals surface area contributed by atoms with Gasteiger partial charge in [0, 0.05) is 19.2 Å². The SMILES string of the molecule is Cc1ccc(S(=O)(=O)NCCc2nnc3ccc(NCc4ccccn4)nn23)cc1. The Morgan fingerprint density at radius 1 is 1.00 bits per heavy atom. The van der Waals surface area contributed by atoms with Gasteiger partial charge in [-0.05, 0) is 43.3 Å². The Labute approximate surface area is 174 Å². The molecule has 0 radical (unpaired) electrons. The van der Waals surface area contributed by atoms with Gasteiger partial charge < -0.3 is 5.32 Å². The normalized spacial score (nSPS) is 11.6. The standard InChI is InChI=1S/C20H21N7O2S/c1-15-5-7-17(8-6-15)30(28,29)23-13-11-20-25-24-19-10-9-18(26-27(19)20)22-14-16-4-2-3-12-21-16/h2-10,12,23H,11,13-14H2,1H3,(H,22,26). The third-order valence-electron chi connectivity index (χ3n) is 4.48. The Bertz CT molecular complexity index is 1240. The number of nitrogens with zero attached hydrogens (tertiary/aromatic N) is 5. The lowest BCUT2D eigenvalue weighted by molar-refractivity contribution is 0.580. The molecule has 0 aliphatic rings. The molecule has 0 aliphatic heterocycles. The average Bonchev–Trinajstić information content (AvgIpc) is 3.15. The van der Waals surface area contributed by atoms with Crippen molar-refractivity contribution in [3.05, 3.63) is 77.9 Å². The lowest BCUT2D eigenvalue weighted by Crippen LogP contribution is -2.26. The summed E-state index contributed by atoms with van der Waals surface area (Å²) in [6.07, 6.45) is 2.09. The van der Waals surface area contributed by atoms with Gasteiger partial charge in [0.05, 0.1) is 17.1 Å². The van der Waals surface area contributed by atoms with E-state index in [9.17, 15) is 8.42 Å². The number of aromatic nitrogens is 5. The van der Waals surface area contributed by atoms with Crippen LogP contribution in [0.15, 0.2) is 65.7 Å². The van der Waals surface area contributed by atoms with Crippen molar-refractivity contribution in [3.8, 4) is 0 Å². The number of hydrogen-bond acceptors (Lipinski definition) is 7. The van der Waals surface area contributed by atoms with E-state index < -0.39 is 10.0 Å². The summed E-state index contributed by atoms with van der Waals surface area (Å²) in [4.78, 5) is 4.50. The summed E-state index contributed by atoms with van der Waals surface area (Å²) < 4.78 is 29.1. The summed E-state index contributed by atoms with van der Waals surface area (Å²) >= 11 is 0. The molecule has 0 atom stereocenters. The molecule has 0 fully saturated rings. The summed E-state index contributed by atoms with van der Waals surface area (Å²) in [6.45, 7) is 2.63. The van der Waals surface area contributed by atoms with Crippen molar-refractivity contribution in [3.63, 3.8) is 0 Å². The van der Waals surface area contributed by atoms with Crippen molar-refractivity contribution in [2.24, 2.45) is 0 Å². The molecule has 0 spiro atoms. The van der Waals surface area contributed by atoms with Gasteiger partial charge in [0.15, 0.2) is 11.5 Å². The molecule has 2 N–H and O–H groups in total. The Kier molecular flexibility index (Phi) is 5.68. The lowest BCUT2D eigenvalue weighted by atomic mass is 10.2. The average molecular weight is 424 g/mol. The second-order valence-electron chi connectivity index (χ2n) is 6.74. The predicted molar refractivity (Wildman–Crippen MR) is 112 cm³/mol. The third-order valence-corrected chi connectivity index (χ3v) is 5.95. The number of fused-ring (bicyclic) bond motifs is 1. The highest BCUT2D eigenvalue weighted by molar-refractivity contribution is 7.89. The van der Waals surface area contributed by atoms with Gasteiger partial charge in [-0.2, -0.15) is 4.52 Å². The summed E-state index contributed by atoms with van der Waals surface area (Å²) in [7, 11) is -3.58. The number of pyridine rings is 1. The summed E-state index contributed by atoms with van der Waals surface area (Å²) in [5.41, 5.74) is 2.49. The Balaban J connectivity index is 1.42. The van der Waals surface area contributed by atoms with Crippen LogP contribution in [-0.4, -0.2) is 39.8 Å². The molecule has 10 heteroatoms. The van der Waals surface area contributed by atoms with E-state index >= 15 is 0 Å². The number of benzene rings is 1. The molecule has 1 aromatic carbocycles. The zero-order valence-electron chi connectivity index (χ0n) is 16.4. The molecular weight excluding hydrogens is 402 g/mol. The van der Waals surface area contributed by atoms with Gasteiger partial charge in [-0.1, -0.05) is 23.8 Å². The monoisotopic (exact) mass is 423 g/mol. The molecule has 0 saturated heterocycles. The molecule has 4 rings (SSSR count). The van der Waals surface area contributed by atoms with E-state index in [1.165, 1.54) is 0 Å². The van der Waals surface area contributed by atoms with Crippen LogP contribution < -0.4 is 10.0 Å². The van der Waals surface area contributed by atoms with E-state index in [1.54, 1.807) is 41.0 Å². The van der Waals surface area contributed by atoms with Crippen LogP contribution in [0.5, 0.6) is 0 Å². The van der Waals surface area contributed by atoms with E-state index in [0.29, 0.717) is 30.3 Å². The zero-order chi connectivity index (χ0) is 21.0. The van der Waals surface area contributed by atoms with Crippen LogP contribution in [0.25, 0.3) is 5.65 Å². The first-order valence-corrected chi connectivity index (χ1v) is 10.9. The minimum atomic E-state index is -3.58. The minimum Gasteiger partial charge on any atom is -0.363 e. The van der Waals surface area contributed by atoms with Gasteiger partial charge in [-0.3, -0.25) is 4.98 Å². The van der Waals surface area contributed by atoms with Crippen molar-refractivity contribution in [2.75, 3.05) is 11.9 Å². The fourth-order valence-electron chi connectivity index (χ4n) is 2.87. The van der Waals surface area contributed by atoms with Crippen LogP contribution in [0.3, 0.4) is 0 Å². The van der Waals surface area contributed by atoms with Crippen molar-refractivity contribution in [2.45, 2.75) is 24.8 Å². The maximum atomic E-state index is 12.4. The number of rotatable bonds is 8. The molecule has 3 heterocycles. The maximum absolute atomic E-state index is 12.4. The molecule has 0 saturated carbocycles. The number of nitrogens with one attached hydrogen (secondary N) is 2. The molecule has 9 nitrogen and oxygen atoms in total. The number of aryl methyl sites for hydroxylation is 1. The largest absolute Gasteiger partial charge is 0.363 e. The van der Waals surface area contributed by atoms with Gasteiger partial charge in [0.25, 0.3) is 0 Å². The Hall–Kier alpha value is -3.37. The smallest absolute Gasteiger partial charge is 0.240 e. The molecule has 30 heavy (non-hydrogen) atoms. The van der Waals surface area contributed by atoms with Crippen LogP contribution in [-0.2, 0) is 23.0 Å². The van der Waals surface area contributed by atoms with Crippen LogP contribution in [0, 0.1) is 6.92 Å². The first-order valence-electron chi connectivity index (χ1n) is 9.43. The molecule has 154 valence electrons. The molecule has 0 aliphatic carbocycles. The van der Waals surface area contributed by atoms with Gasteiger partial charge >= 0.3 is 0 Å². The summed E-state index contributed by atoms with van der Waals surface area (Å²) in [5, 5.41) is 16.0. The fourth-order valence-corrected chi connectivity index (χ4v) is 3.90. The first kappa shape index (κ1) is 19.9. The number of anilines is 1. The molecule has 0 unspecified atom stereocenters. The van der Waals surface area contributed by atoms with Crippen molar-refractivity contribution >= 4 is 21.5 Å². The number of hydrogen-bond donors (Lipinski definition) is 2. The van der Waals surface area contributed by atoms with Gasteiger partial charge in [0.1, 0.15) is 5.82 Å². The molecular formula is C20H21N7O2S. The van der Waals surface area contributed by atoms with E-state index in [4.69, 9.17) is 0 Å². The van der Waals surface area contributed by atoms with Crippen molar-refractivity contribution < 1.29 is 8.42 Å². The second-order valence-corrected chi connectivity index (χ2v) is 8.51. The highest BCUT2D eigenvalue weighted by Crippen LogP contribution is 2.11. The van der Waals surface area contributed by atoms with Crippen molar-refractivity contribution in [1.29, 1.82) is 0 Å². The van der Waals surface area contributed by atoms with E-state index in [1.807, 2.05) is 31.2 Å². The topological polar surface area (TPSA) is 114 Å². The van der Waals surface area contributed by atoms with Crippen LogP contribution in [0.4, 0.5) is 5.82 Å². The Morgan fingerprint density at radius 2 is 1.83 bits per heavy atom. The van der Waals surface area contributed by atoms with Gasteiger partial charge in [-0.25, -0.2) is 13.1 Å². The fraction of sp³-hybridized carbons (Fsp3) is 0.200. The molecule has 0 bridgehead atoms. The van der Waals surface area contributed by atoms with Crippen LogP contribution >= 0.6 is 0 Å².